The van der Waals surface area contributed by atoms with Crippen molar-refractivity contribution in [2.24, 2.45) is 0 Å². The summed E-state index contributed by atoms with van der Waals surface area (Å²) in [4.78, 5) is 14.1. The zero-order valence-electron chi connectivity index (χ0n) is 14.0. The van der Waals surface area contributed by atoms with Gasteiger partial charge in [0.25, 0.3) is 0 Å². The van der Waals surface area contributed by atoms with Gasteiger partial charge in [-0.15, -0.1) is 0 Å². The molecule has 0 aliphatic carbocycles. The Bertz CT molecular complexity index is 626. The van der Waals surface area contributed by atoms with Crippen molar-refractivity contribution in [1.82, 2.24) is 9.21 Å². The van der Waals surface area contributed by atoms with E-state index in [1.807, 2.05) is 26.0 Å². The first-order valence-electron chi connectivity index (χ1n) is 8.36. The number of benzene rings is 1. The number of rotatable bonds is 5. The quantitative estimate of drug-likeness (QED) is 0.827. The molecule has 1 saturated heterocycles. The van der Waals surface area contributed by atoms with E-state index in [9.17, 15) is 13.2 Å². The van der Waals surface area contributed by atoms with Gasteiger partial charge in [-0.3, -0.25) is 4.79 Å². The Balaban J connectivity index is 2.09. The summed E-state index contributed by atoms with van der Waals surface area (Å²) in [6.45, 7) is 5.97. The van der Waals surface area contributed by atoms with Gasteiger partial charge in [0.15, 0.2) is 0 Å². The first-order valence-corrected chi connectivity index (χ1v) is 9.80. The van der Waals surface area contributed by atoms with Crippen LogP contribution in [0.2, 0.25) is 0 Å². The van der Waals surface area contributed by atoms with Crippen molar-refractivity contribution in [1.29, 1.82) is 0 Å². The van der Waals surface area contributed by atoms with E-state index in [4.69, 9.17) is 0 Å². The average molecular weight is 338 g/mol. The molecule has 1 aliphatic rings. The minimum absolute atomic E-state index is 0.124. The maximum atomic E-state index is 12.8. The second-order valence-electron chi connectivity index (χ2n) is 5.89. The summed E-state index contributed by atoms with van der Waals surface area (Å²) in [6, 6.07) is 7.09. The largest absolute Gasteiger partial charge is 0.341 e. The second kappa shape index (κ2) is 7.93. The van der Waals surface area contributed by atoms with Crippen LogP contribution in [0.3, 0.4) is 0 Å². The molecule has 1 aromatic rings. The van der Waals surface area contributed by atoms with E-state index >= 15 is 0 Å². The Morgan fingerprint density at radius 2 is 1.74 bits per heavy atom. The molecule has 1 aromatic carbocycles. The number of carbonyl (C=O) groups is 1. The first kappa shape index (κ1) is 17.9. The van der Waals surface area contributed by atoms with E-state index in [0.29, 0.717) is 43.9 Å². The fraction of sp³-hybridized carbons (Fsp3) is 0.588. The fourth-order valence-corrected chi connectivity index (χ4v) is 4.27. The van der Waals surface area contributed by atoms with Crippen LogP contribution in [-0.2, 0) is 21.2 Å². The van der Waals surface area contributed by atoms with E-state index in [1.54, 1.807) is 17.0 Å². The zero-order valence-corrected chi connectivity index (χ0v) is 14.8. The average Bonchev–Trinajstić information content (AvgIpc) is 2.82. The van der Waals surface area contributed by atoms with Gasteiger partial charge < -0.3 is 4.90 Å². The van der Waals surface area contributed by atoms with Crippen molar-refractivity contribution in [3.8, 4) is 0 Å². The Morgan fingerprint density at radius 3 is 2.35 bits per heavy atom. The van der Waals surface area contributed by atoms with Gasteiger partial charge in [-0.1, -0.05) is 26.0 Å². The molecule has 1 heterocycles. The van der Waals surface area contributed by atoms with Gasteiger partial charge in [0.05, 0.1) is 4.90 Å². The standard InChI is InChI=1S/C17H26N2O3S/c1-3-6-17(20)18-11-5-12-19(14-13-18)23(21,22)16-9-7-15(4-2)8-10-16/h7-10H,3-6,11-14H2,1-2H3. The number of carbonyl (C=O) groups excluding carboxylic acids is 1. The van der Waals surface area contributed by atoms with Gasteiger partial charge in [0.1, 0.15) is 0 Å². The molecule has 0 spiro atoms. The van der Waals surface area contributed by atoms with Crippen molar-refractivity contribution in [3.63, 3.8) is 0 Å². The lowest BCUT2D eigenvalue weighted by Crippen LogP contribution is -2.37. The van der Waals surface area contributed by atoms with Gasteiger partial charge in [0, 0.05) is 32.6 Å². The SMILES string of the molecule is CCCC(=O)N1CCCN(S(=O)(=O)c2ccc(CC)cc2)CC1. The van der Waals surface area contributed by atoms with Crippen LogP contribution in [0.15, 0.2) is 29.2 Å². The van der Waals surface area contributed by atoms with Crippen molar-refractivity contribution >= 4 is 15.9 Å². The Kier molecular flexibility index (Phi) is 6.18. The zero-order chi connectivity index (χ0) is 16.9. The van der Waals surface area contributed by atoms with E-state index in [1.165, 1.54) is 4.31 Å². The lowest BCUT2D eigenvalue weighted by molar-refractivity contribution is -0.131. The number of hydrogen-bond acceptors (Lipinski definition) is 3. The molecule has 1 amide bonds. The maximum absolute atomic E-state index is 12.8. The Labute approximate surface area is 139 Å². The lowest BCUT2D eigenvalue weighted by atomic mass is 10.2. The molecule has 0 bridgehead atoms. The van der Waals surface area contributed by atoms with Gasteiger partial charge in [-0.05, 0) is 37.0 Å². The van der Waals surface area contributed by atoms with Crippen LogP contribution >= 0.6 is 0 Å². The minimum atomic E-state index is -3.48. The van der Waals surface area contributed by atoms with Gasteiger partial charge in [-0.2, -0.15) is 4.31 Å². The van der Waals surface area contributed by atoms with Crippen LogP contribution in [0, 0.1) is 0 Å². The maximum Gasteiger partial charge on any atom is 0.243 e. The summed E-state index contributed by atoms with van der Waals surface area (Å²) >= 11 is 0. The summed E-state index contributed by atoms with van der Waals surface area (Å²) in [5, 5.41) is 0. The van der Waals surface area contributed by atoms with Gasteiger partial charge in [0.2, 0.25) is 15.9 Å². The summed E-state index contributed by atoms with van der Waals surface area (Å²) in [5.41, 5.74) is 1.12. The molecular weight excluding hydrogens is 312 g/mol. The number of hydrogen-bond donors (Lipinski definition) is 0. The van der Waals surface area contributed by atoms with Crippen LogP contribution < -0.4 is 0 Å². The van der Waals surface area contributed by atoms with E-state index in [-0.39, 0.29) is 5.91 Å². The van der Waals surface area contributed by atoms with Crippen LogP contribution in [0.4, 0.5) is 0 Å². The molecule has 6 heteroatoms. The minimum Gasteiger partial charge on any atom is -0.341 e. The van der Waals surface area contributed by atoms with Crippen molar-refractivity contribution in [2.75, 3.05) is 26.2 Å². The Morgan fingerprint density at radius 1 is 1.04 bits per heavy atom. The van der Waals surface area contributed by atoms with Crippen LogP contribution in [0.25, 0.3) is 0 Å². The molecule has 0 N–H and O–H groups in total. The molecule has 5 nitrogen and oxygen atoms in total. The third-order valence-corrected chi connectivity index (χ3v) is 6.15. The Hall–Kier alpha value is -1.40. The molecule has 1 aliphatic heterocycles. The highest BCUT2D eigenvalue weighted by molar-refractivity contribution is 7.89. The highest BCUT2D eigenvalue weighted by atomic mass is 32.2. The lowest BCUT2D eigenvalue weighted by Gasteiger charge is -2.22. The summed E-state index contributed by atoms with van der Waals surface area (Å²) in [5.74, 6) is 0.124. The summed E-state index contributed by atoms with van der Waals surface area (Å²) in [7, 11) is -3.48. The number of nitrogens with zero attached hydrogens (tertiary/aromatic N) is 2. The molecule has 1 fully saturated rings. The van der Waals surface area contributed by atoms with Crippen LogP contribution in [-0.4, -0.2) is 49.7 Å². The number of amides is 1. The van der Waals surface area contributed by atoms with Crippen molar-refractivity contribution in [2.45, 2.75) is 44.4 Å². The molecule has 23 heavy (non-hydrogen) atoms. The smallest absolute Gasteiger partial charge is 0.243 e. The molecule has 0 atom stereocenters. The van der Waals surface area contributed by atoms with Gasteiger partial charge in [-0.25, -0.2) is 8.42 Å². The predicted octanol–water partition coefficient (Wildman–Crippen LogP) is 2.27. The van der Waals surface area contributed by atoms with Crippen molar-refractivity contribution in [3.05, 3.63) is 29.8 Å². The third-order valence-electron chi connectivity index (χ3n) is 4.24. The second-order valence-corrected chi connectivity index (χ2v) is 7.82. The topological polar surface area (TPSA) is 57.7 Å². The molecule has 2 rings (SSSR count). The highest BCUT2D eigenvalue weighted by Gasteiger charge is 2.27. The third kappa shape index (κ3) is 4.32. The molecule has 0 radical (unpaired) electrons. The molecule has 0 aromatic heterocycles. The van der Waals surface area contributed by atoms with E-state index in [0.717, 1.165) is 18.4 Å². The molecular formula is C17H26N2O3S. The highest BCUT2D eigenvalue weighted by Crippen LogP contribution is 2.19. The van der Waals surface area contributed by atoms with E-state index < -0.39 is 10.0 Å². The van der Waals surface area contributed by atoms with Crippen molar-refractivity contribution < 1.29 is 13.2 Å². The number of sulfonamides is 1. The monoisotopic (exact) mass is 338 g/mol. The summed E-state index contributed by atoms with van der Waals surface area (Å²) in [6.07, 6.45) is 2.92. The first-order chi connectivity index (χ1) is 11.0. The number of aryl methyl sites for hydroxylation is 1. The summed E-state index contributed by atoms with van der Waals surface area (Å²) < 4.78 is 27.0. The van der Waals surface area contributed by atoms with Gasteiger partial charge >= 0.3 is 0 Å². The molecule has 0 saturated carbocycles. The van der Waals surface area contributed by atoms with Crippen LogP contribution in [0.1, 0.15) is 38.7 Å². The van der Waals surface area contributed by atoms with Crippen LogP contribution in [0.5, 0.6) is 0 Å². The normalized spacial score (nSPS) is 17.0. The van der Waals surface area contributed by atoms with E-state index in [2.05, 4.69) is 0 Å². The fourth-order valence-electron chi connectivity index (χ4n) is 2.80. The predicted molar refractivity (Wildman–Crippen MR) is 90.7 cm³/mol. The molecule has 128 valence electrons. The molecule has 0 unspecified atom stereocenters.